The van der Waals surface area contributed by atoms with Crippen LogP contribution in [0, 0.1) is 10.1 Å². The van der Waals surface area contributed by atoms with Crippen molar-refractivity contribution in [2.24, 2.45) is 0 Å². The summed E-state index contributed by atoms with van der Waals surface area (Å²) in [6.45, 7) is 2.12. The molecule has 1 aromatic carbocycles. The van der Waals surface area contributed by atoms with E-state index in [0.717, 1.165) is 19.3 Å². The molecular weight excluding hydrogens is 324 g/mol. The van der Waals surface area contributed by atoms with Crippen molar-refractivity contribution in [1.29, 1.82) is 0 Å². The average molecular weight is 348 g/mol. The monoisotopic (exact) mass is 348 g/mol. The fourth-order valence-electron chi connectivity index (χ4n) is 2.73. The van der Waals surface area contributed by atoms with E-state index in [4.69, 9.17) is 9.47 Å². The Morgan fingerprint density at radius 1 is 1.40 bits per heavy atom. The Hall–Kier alpha value is -2.57. The predicted octanol–water partition coefficient (Wildman–Crippen LogP) is 3.38. The van der Waals surface area contributed by atoms with Gasteiger partial charge in [0, 0.05) is 6.54 Å². The third-order valence-electron chi connectivity index (χ3n) is 4.17. The quantitative estimate of drug-likeness (QED) is 0.442. The van der Waals surface area contributed by atoms with E-state index >= 15 is 0 Å². The fourth-order valence-corrected chi connectivity index (χ4v) is 2.73. The molecule has 136 valence electrons. The van der Waals surface area contributed by atoms with Gasteiger partial charge in [-0.1, -0.05) is 11.6 Å². The third kappa shape index (κ3) is 5.48. The number of carbonyl (C=O) groups excluding carboxylic acids is 1. The van der Waals surface area contributed by atoms with Crippen LogP contribution in [0.25, 0.3) is 0 Å². The van der Waals surface area contributed by atoms with Crippen LogP contribution in [0.4, 0.5) is 5.69 Å². The van der Waals surface area contributed by atoms with Crippen molar-refractivity contribution in [3.63, 3.8) is 0 Å². The molecule has 0 bridgehead atoms. The van der Waals surface area contributed by atoms with Crippen LogP contribution in [-0.2, 0) is 4.79 Å². The Labute approximate surface area is 147 Å². The van der Waals surface area contributed by atoms with Crippen LogP contribution in [0.5, 0.6) is 11.5 Å². The van der Waals surface area contributed by atoms with Gasteiger partial charge >= 0.3 is 5.69 Å². The fraction of sp³-hybridized carbons (Fsp3) is 0.500. The Morgan fingerprint density at radius 3 is 2.84 bits per heavy atom. The summed E-state index contributed by atoms with van der Waals surface area (Å²) in [5, 5.41) is 14.0. The highest BCUT2D eigenvalue weighted by atomic mass is 16.6. The smallest absolute Gasteiger partial charge is 0.314 e. The van der Waals surface area contributed by atoms with Gasteiger partial charge in [-0.05, 0) is 51.2 Å². The zero-order chi connectivity index (χ0) is 18.2. The first kappa shape index (κ1) is 18.8. The van der Waals surface area contributed by atoms with E-state index in [1.54, 1.807) is 13.0 Å². The number of nitrogens with zero attached hydrogens (tertiary/aromatic N) is 1. The van der Waals surface area contributed by atoms with E-state index in [0.29, 0.717) is 12.3 Å². The topological polar surface area (TPSA) is 90.7 Å². The number of hydrogen-bond donors (Lipinski definition) is 1. The van der Waals surface area contributed by atoms with Gasteiger partial charge in [0.15, 0.2) is 11.9 Å². The lowest BCUT2D eigenvalue weighted by molar-refractivity contribution is -0.386. The van der Waals surface area contributed by atoms with Crippen LogP contribution in [0.3, 0.4) is 0 Å². The van der Waals surface area contributed by atoms with Crippen LogP contribution >= 0.6 is 0 Å². The second-order valence-corrected chi connectivity index (χ2v) is 6.00. The highest BCUT2D eigenvalue weighted by molar-refractivity contribution is 5.80. The van der Waals surface area contributed by atoms with Crippen LogP contribution in [0.15, 0.2) is 29.8 Å². The molecule has 25 heavy (non-hydrogen) atoms. The van der Waals surface area contributed by atoms with Gasteiger partial charge in [0.1, 0.15) is 5.75 Å². The normalized spacial score (nSPS) is 15.0. The number of benzene rings is 1. The van der Waals surface area contributed by atoms with E-state index in [-0.39, 0.29) is 17.3 Å². The second kappa shape index (κ2) is 9.05. The Morgan fingerprint density at radius 2 is 2.20 bits per heavy atom. The molecule has 1 atom stereocenters. The molecule has 0 aromatic heterocycles. The lowest BCUT2D eigenvalue weighted by Crippen LogP contribution is -2.37. The molecule has 7 heteroatoms. The van der Waals surface area contributed by atoms with Gasteiger partial charge in [-0.25, -0.2) is 0 Å². The maximum atomic E-state index is 12.1. The summed E-state index contributed by atoms with van der Waals surface area (Å²) >= 11 is 0. The summed E-state index contributed by atoms with van der Waals surface area (Å²) in [7, 11) is 1.43. The van der Waals surface area contributed by atoms with Crippen molar-refractivity contribution < 1.29 is 19.2 Å². The van der Waals surface area contributed by atoms with Gasteiger partial charge in [0.05, 0.1) is 18.1 Å². The SMILES string of the molecule is COc1ccc(O[C@@H](C)C(=O)NCCC2=CCCCC2)c([N+](=O)[O-])c1. The molecule has 0 unspecified atom stereocenters. The van der Waals surface area contributed by atoms with Crippen LogP contribution in [-0.4, -0.2) is 30.6 Å². The molecule has 1 aliphatic rings. The van der Waals surface area contributed by atoms with E-state index in [2.05, 4.69) is 11.4 Å². The molecular formula is C18H24N2O5. The van der Waals surface area contributed by atoms with Crippen LogP contribution in [0.1, 0.15) is 39.0 Å². The number of allylic oxidation sites excluding steroid dienone is 1. The first-order valence-corrected chi connectivity index (χ1v) is 8.46. The largest absolute Gasteiger partial charge is 0.496 e. The maximum absolute atomic E-state index is 12.1. The van der Waals surface area contributed by atoms with Crippen molar-refractivity contribution in [3.8, 4) is 11.5 Å². The Bertz CT molecular complexity index is 657. The Kier molecular flexibility index (Phi) is 6.80. The molecule has 0 saturated heterocycles. The number of rotatable bonds is 8. The van der Waals surface area contributed by atoms with Crippen molar-refractivity contribution >= 4 is 11.6 Å². The average Bonchev–Trinajstić information content (AvgIpc) is 2.62. The number of nitro groups is 1. The van der Waals surface area contributed by atoms with E-state index in [1.165, 1.54) is 37.7 Å². The summed E-state index contributed by atoms with van der Waals surface area (Å²) in [5.74, 6) is 0.113. The van der Waals surface area contributed by atoms with Gasteiger partial charge < -0.3 is 14.8 Å². The number of nitrogens with one attached hydrogen (secondary N) is 1. The van der Waals surface area contributed by atoms with Gasteiger partial charge in [-0.15, -0.1) is 0 Å². The molecule has 1 aliphatic carbocycles. The van der Waals surface area contributed by atoms with Crippen molar-refractivity contribution in [3.05, 3.63) is 40.0 Å². The van der Waals surface area contributed by atoms with Crippen molar-refractivity contribution in [2.45, 2.75) is 45.1 Å². The molecule has 0 spiro atoms. The lowest BCUT2D eigenvalue weighted by atomic mass is 9.97. The summed E-state index contributed by atoms with van der Waals surface area (Å²) in [5.41, 5.74) is 1.15. The standard InChI is InChI=1S/C18H24N2O5/c1-13(18(21)19-11-10-14-6-4-3-5-7-14)25-17-9-8-15(24-2)12-16(17)20(22)23/h6,8-9,12-13H,3-5,7,10-11H2,1-2H3,(H,19,21)/t13-/m0/s1. The minimum atomic E-state index is -0.826. The third-order valence-corrected chi connectivity index (χ3v) is 4.17. The molecule has 0 saturated carbocycles. The first-order chi connectivity index (χ1) is 12.0. The molecule has 0 fully saturated rings. The van der Waals surface area contributed by atoms with Crippen molar-refractivity contribution in [2.75, 3.05) is 13.7 Å². The summed E-state index contributed by atoms with van der Waals surface area (Å²) in [6, 6.07) is 4.27. The summed E-state index contributed by atoms with van der Waals surface area (Å²) < 4.78 is 10.5. The molecule has 7 nitrogen and oxygen atoms in total. The minimum absolute atomic E-state index is 0.0449. The predicted molar refractivity (Wildman–Crippen MR) is 93.9 cm³/mol. The molecule has 0 heterocycles. The summed E-state index contributed by atoms with van der Waals surface area (Å²) in [6.07, 6.45) is 6.91. The molecule has 0 radical (unpaired) electrons. The van der Waals surface area contributed by atoms with E-state index < -0.39 is 11.0 Å². The number of hydrogen-bond acceptors (Lipinski definition) is 5. The number of nitro benzene ring substituents is 1. The van der Waals surface area contributed by atoms with Crippen molar-refractivity contribution in [1.82, 2.24) is 5.32 Å². The second-order valence-electron chi connectivity index (χ2n) is 6.00. The summed E-state index contributed by atoms with van der Waals surface area (Å²) in [4.78, 5) is 22.7. The van der Waals surface area contributed by atoms with E-state index in [9.17, 15) is 14.9 Å². The van der Waals surface area contributed by atoms with Gasteiger partial charge in [0.25, 0.3) is 5.91 Å². The molecule has 1 N–H and O–H groups in total. The van der Waals surface area contributed by atoms with Crippen LogP contribution in [0.2, 0.25) is 0 Å². The number of carbonyl (C=O) groups is 1. The van der Waals surface area contributed by atoms with Crippen LogP contribution < -0.4 is 14.8 Å². The zero-order valence-electron chi connectivity index (χ0n) is 14.6. The highest BCUT2D eigenvalue weighted by Gasteiger charge is 2.22. The van der Waals surface area contributed by atoms with Gasteiger partial charge in [-0.3, -0.25) is 14.9 Å². The number of methoxy groups -OCH3 is 1. The molecule has 2 rings (SSSR count). The van der Waals surface area contributed by atoms with E-state index in [1.807, 2.05) is 0 Å². The number of ether oxygens (including phenoxy) is 2. The zero-order valence-corrected chi connectivity index (χ0v) is 14.6. The highest BCUT2D eigenvalue weighted by Crippen LogP contribution is 2.31. The number of amides is 1. The van der Waals surface area contributed by atoms with Gasteiger partial charge in [0.2, 0.25) is 0 Å². The minimum Gasteiger partial charge on any atom is -0.496 e. The molecule has 0 aliphatic heterocycles. The molecule has 1 aromatic rings. The first-order valence-electron chi connectivity index (χ1n) is 8.46. The maximum Gasteiger partial charge on any atom is 0.314 e. The molecule has 1 amide bonds. The Balaban J connectivity index is 1.90. The lowest BCUT2D eigenvalue weighted by Gasteiger charge is -2.16. The van der Waals surface area contributed by atoms with Gasteiger partial charge in [-0.2, -0.15) is 0 Å².